The number of halogens is 2. The van der Waals surface area contributed by atoms with Gasteiger partial charge in [0.2, 0.25) is 11.6 Å². The van der Waals surface area contributed by atoms with E-state index in [-0.39, 0.29) is 28.6 Å². The zero-order valence-corrected chi connectivity index (χ0v) is 20.7. The molecular formula is C26H24F2N6O5. The molecule has 2 aromatic carbocycles. The molecule has 0 atom stereocenters. The number of nitrogens with zero attached hydrogens (tertiary/aromatic N) is 4. The van der Waals surface area contributed by atoms with Crippen LogP contribution in [0.25, 0.3) is 0 Å². The van der Waals surface area contributed by atoms with Crippen molar-refractivity contribution in [3.63, 3.8) is 0 Å². The number of pyridine rings is 1. The number of carboxylic acids is 1. The van der Waals surface area contributed by atoms with E-state index in [1.54, 1.807) is 12.1 Å². The highest BCUT2D eigenvalue weighted by Gasteiger charge is 2.33. The number of benzene rings is 2. The summed E-state index contributed by atoms with van der Waals surface area (Å²) < 4.78 is 41.4. The van der Waals surface area contributed by atoms with Crippen LogP contribution < -0.4 is 20.1 Å². The maximum absolute atomic E-state index is 15.5. The first-order chi connectivity index (χ1) is 18.6. The first kappa shape index (κ1) is 25.7. The molecule has 39 heavy (non-hydrogen) atoms. The van der Waals surface area contributed by atoms with E-state index in [0.717, 1.165) is 11.9 Å². The molecule has 5 N–H and O–H groups in total. The summed E-state index contributed by atoms with van der Waals surface area (Å²) in [6.07, 6.45) is 0.721. The molecule has 1 fully saturated rings. The van der Waals surface area contributed by atoms with Crippen molar-refractivity contribution in [3.05, 3.63) is 65.4 Å². The lowest BCUT2D eigenvalue weighted by atomic mass is 9.98. The van der Waals surface area contributed by atoms with Crippen LogP contribution in [0.5, 0.6) is 28.9 Å². The molecule has 0 amide bonds. The minimum Gasteiger partial charge on any atom is -0.504 e. The number of nitrogens with two attached hydrogens (primary N) is 1. The number of amidine groups is 2. The molecule has 3 aromatic rings. The summed E-state index contributed by atoms with van der Waals surface area (Å²) in [7, 11) is 1.83. The number of nitrogen functional groups attached to an aromatic ring is 1. The number of aliphatic imine (C=N–C) groups is 1. The number of hydrogen-bond acceptors (Lipinski definition) is 9. The van der Waals surface area contributed by atoms with Gasteiger partial charge in [-0.15, -0.1) is 0 Å². The Morgan fingerprint density at radius 1 is 1.15 bits per heavy atom. The van der Waals surface area contributed by atoms with Gasteiger partial charge < -0.3 is 35.2 Å². The molecular weight excluding hydrogens is 514 g/mol. The third kappa shape index (κ3) is 4.98. The highest BCUT2D eigenvalue weighted by Crippen LogP contribution is 2.39. The van der Waals surface area contributed by atoms with Crippen LogP contribution in [0.1, 0.15) is 11.1 Å². The quantitative estimate of drug-likeness (QED) is 0.250. The van der Waals surface area contributed by atoms with E-state index in [4.69, 9.17) is 20.6 Å². The Morgan fingerprint density at radius 3 is 2.59 bits per heavy atom. The molecule has 202 valence electrons. The largest absolute Gasteiger partial charge is 0.504 e. The summed E-state index contributed by atoms with van der Waals surface area (Å²) in [6, 6.07) is 8.77. The number of phenolic OH excluding ortho intramolecular Hbond substituents is 1. The zero-order valence-electron chi connectivity index (χ0n) is 20.7. The molecule has 0 aliphatic carbocycles. The fraction of sp³-hybridized carbons (Fsp3) is 0.231. The zero-order chi connectivity index (χ0) is 27.8. The molecule has 2 aliphatic rings. The summed E-state index contributed by atoms with van der Waals surface area (Å²) in [4.78, 5) is 23.1. The summed E-state index contributed by atoms with van der Waals surface area (Å²) >= 11 is 0. The van der Waals surface area contributed by atoms with Crippen molar-refractivity contribution in [1.82, 2.24) is 9.88 Å². The first-order valence-corrected chi connectivity index (χ1v) is 11.9. The fourth-order valence-electron chi connectivity index (χ4n) is 4.22. The van der Waals surface area contributed by atoms with E-state index in [1.165, 1.54) is 24.3 Å². The number of aromatic hydroxyl groups is 1. The lowest BCUT2D eigenvalue weighted by molar-refractivity contribution is -0.142. The monoisotopic (exact) mass is 538 g/mol. The van der Waals surface area contributed by atoms with Crippen molar-refractivity contribution in [2.24, 2.45) is 16.6 Å². The van der Waals surface area contributed by atoms with E-state index in [1.807, 2.05) is 16.8 Å². The average molecular weight is 539 g/mol. The summed E-state index contributed by atoms with van der Waals surface area (Å²) in [6.45, 7) is 1.84. The molecule has 2 aliphatic heterocycles. The van der Waals surface area contributed by atoms with E-state index in [2.05, 4.69) is 9.98 Å². The minimum atomic E-state index is -1.26. The van der Waals surface area contributed by atoms with Gasteiger partial charge in [-0.05, 0) is 36.4 Å². The molecule has 1 saturated heterocycles. The molecule has 3 heterocycles. The first-order valence-electron chi connectivity index (χ1n) is 11.9. The number of likely N-dealkylation sites (N-methyl/N-ethyl adjacent to an activating group) is 1. The number of carboxylic acid groups (broad SMARTS) is 1. The van der Waals surface area contributed by atoms with Crippen LogP contribution in [0.3, 0.4) is 0 Å². The number of ether oxygens (including phenoxy) is 2. The maximum atomic E-state index is 15.5. The van der Waals surface area contributed by atoms with Gasteiger partial charge in [-0.25, -0.2) is 9.37 Å². The normalized spacial score (nSPS) is 15.1. The Bertz CT molecular complexity index is 1510. The topological polar surface area (TPSA) is 158 Å². The van der Waals surface area contributed by atoms with Crippen LogP contribution in [0.15, 0.2) is 47.6 Å². The van der Waals surface area contributed by atoms with Crippen LogP contribution in [-0.4, -0.2) is 71.0 Å². The molecule has 0 radical (unpaired) electrons. The van der Waals surface area contributed by atoms with E-state index < -0.39 is 35.2 Å². The van der Waals surface area contributed by atoms with Gasteiger partial charge in [0.05, 0.1) is 24.2 Å². The molecule has 0 unspecified atom stereocenters. The standard InChI is InChI=1S/C26H24F2N6O5/c1-33-7-6-31-24(33)16-9-15(34-11-14(12-34)26(36)37)3-5-19(16)38-22-17(27)10-32-25(21(22)28)39-20-8-13(23(29)30)2-4-18(20)35/h2-5,8-10,14,35H,6-7,11-12H2,1H3,(H3,29,30)(H,36,37). The molecule has 0 bridgehead atoms. The third-order valence-electron chi connectivity index (χ3n) is 6.45. The van der Waals surface area contributed by atoms with Gasteiger partial charge in [-0.1, -0.05) is 0 Å². The van der Waals surface area contributed by atoms with Crippen LogP contribution in [0.2, 0.25) is 0 Å². The van der Waals surface area contributed by atoms with Gasteiger partial charge in [-0.2, -0.15) is 4.39 Å². The number of nitrogens with one attached hydrogen (secondary N) is 1. The van der Waals surface area contributed by atoms with Crippen molar-refractivity contribution in [2.45, 2.75) is 0 Å². The fourth-order valence-corrected chi connectivity index (χ4v) is 4.22. The van der Waals surface area contributed by atoms with Gasteiger partial charge in [-0.3, -0.25) is 15.2 Å². The van der Waals surface area contributed by atoms with Crippen LogP contribution >= 0.6 is 0 Å². The van der Waals surface area contributed by atoms with Crippen molar-refractivity contribution in [3.8, 4) is 28.9 Å². The van der Waals surface area contributed by atoms with Crippen molar-refractivity contribution in [1.29, 1.82) is 5.41 Å². The van der Waals surface area contributed by atoms with E-state index >= 15 is 4.39 Å². The highest BCUT2D eigenvalue weighted by atomic mass is 19.1. The van der Waals surface area contributed by atoms with Gasteiger partial charge in [0.15, 0.2) is 17.3 Å². The minimum absolute atomic E-state index is 0.109. The number of rotatable bonds is 8. The number of aromatic nitrogens is 1. The van der Waals surface area contributed by atoms with E-state index in [0.29, 0.717) is 37.6 Å². The lowest BCUT2D eigenvalue weighted by Crippen LogP contribution is -2.50. The second kappa shape index (κ2) is 10.1. The van der Waals surface area contributed by atoms with E-state index in [9.17, 15) is 19.4 Å². The van der Waals surface area contributed by atoms with Gasteiger partial charge in [0, 0.05) is 37.9 Å². The third-order valence-corrected chi connectivity index (χ3v) is 6.45. The second-order valence-corrected chi connectivity index (χ2v) is 9.10. The SMILES string of the molecule is CN1CCN=C1c1cc(N2CC(C(=O)O)C2)ccc1Oc1c(F)cnc(Oc2cc(C(=N)N)ccc2O)c1F. The Kier molecular flexibility index (Phi) is 6.64. The number of hydrogen-bond donors (Lipinski definition) is 4. The van der Waals surface area contributed by atoms with Crippen LogP contribution in [0.4, 0.5) is 14.5 Å². The van der Waals surface area contributed by atoms with Gasteiger partial charge >= 0.3 is 5.97 Å². The van der Waals surface area contributed by atoms with Crippen LogP contribution in [0, 0.1) is 23.0 Å². The molecule has 13 heteroatoms. The van der Waals surface area contributed by atoms with Gasteiger partial charge in [0.25, 0.3) is 5.88 Å². The second-order valence-electron chi connectivity index (χ2n) is 9.10. The predicted octanol–water partition coefficient (Wildman–Crippen LogP) is 3.15. The molecule has 1 aromatic heterocycles. The Hall–Kier alpha value is -4.94. The maximum Gasteiger partial charge on any atom is 0.310 e. The Balaban J connectivity index is 1.48. The lowest BCUT2D eigenvalue weighted by Gasteiger charge is -2.39. The van der Waals surface area contributed by atoms with Crippen molar-refractivity contribution < 1.29 is 33.3 Å². The average Bonchev–Trinajstić information content (AvgIpc) is 3.29. The summed E-state index contributed by atoms with van der Waals surface area (Å²) in [5.74, 6) is -5.39. The van der Waals surface area contributed by atoms with Crippen molar-refractivity contribution >= 4 is 23.3 Å². The predicted molar refractivity (Wildman–Crippen MR) is 137 cm³/mol. The molecule has 5 rings (SSSR count). The highest BCUT2D eigenvalue weighted by molar-refractivity contribution is 6.03. The summed E-state index contributed by atoms with van der Waals surface area (Å²) in [5, 5.41) is 26.8. The number of carbonyl (C=O) groups is 1. The Labute approximate surface area is 221 Å². The van der Waals surface area contributed by atoms with Crippen LogP contribution in [-0.2, 0) is 4.79 Å². The number of aliphatic carboxylic acids is 1. The molecule has 11 nitrogen and oxygen atoms in total. The molecule has 0 saturated carbocycles. The Morgan fingerprint density at radius 2 is 1.92 bits per heavy atom. The number of phenols is 1. The summed E-state index contributed by atoms with van der Waals surface area (Å²) in [5.41, 5.74) is 6.87. The van der Waals surface area contributed by atoms with Crippen molar-refractivity contribution in [2.75, 3.05) is 38.1 Å². The smallest absolute Gasteiger partial charge is 0.310 e. The number of anilines is 1. The molecule has 0 spiro atoms. The van der Waals surface area contributed by atoms with Gasteiger partial charge in [0.1, 0.15) is 17.4 Å².